The van der Waals surface area contributed by atoms with E-state index < -0.39 is 5.97 Å². The van der Waals surface area contributed by atoms with E-state index in [0.717, 1.165) is 30.1 Å². The summed E-state index contributed by atoms with van der Waals surface area (Å²) in [6, 6.07) is 4.90. The summed E-state index contributed by atoms with van der Waals surface area (Å²) < 4.78 is 16.0. The van der Waals surface area contributed by atoms with Crippen molar-refractivity contribution in [1.29, 1.82) is 0 Å². The van der Waals surface area contributed by atoms with Gasteiger partial charge >= 0.3 is 5.97 Å². The van der Waals surface area contributed by atoms with Gasteiger partial charge in [-0.25, -0.2) is 9.37 Å². The summed E-state index contributed by atoms with van der Waals surface area (Å²) in [4.78, 5) is 15.2. The van der Waals surface area contributed by atoms with Crippen molar-refractivity contribution in [2.45, 2.75) is 37.4 Å². The van der Waals surface area contributed by atoms with Gasteiger partial charge in [-0.05, 0) is 44.7 Å². The summed E-state index contributed by atoms with van der Waals surface area (Å²) in [5.41, 5.74) is 0.863. The van der Waals surface area contributed by atoms with Crippen LogP contribution in [0.25, 0.3) is 11.0 Å². The molecule has 1 aromatic carbocycles. The molecular formula is C15H17FN2O2S. The molecule has 6 heteroatoms. The smallest absolute Gasteiger partial charge is 0.313 e. The van der Waals surface area contributed by atoms with Crippen LogP contribution in [0, 0.1) is 11.7 Å². The summed E-state index contributed by atoms with van der Waals surface area (Å²) in [7, 11) is 0. The van der Waals surface area contributed by atoms with Gasteiger partial charge in [0, 0.05) is 5.54 Å². The molecule has 21 heavy (non-hydrogen) atoms. The normalized spacial score (nSPS) is 15.6. The third-order valence-electron chi connectivity index (χ3n) is 4.08. The summed E-state index contributed by atoms with van der Waals surface area (Å²) >= 11 is 1.15. The second kappa shape index (κ2) is 5.02. The van der Waals surface area contributed by atoms with Crippen LogP contribution in [0.5, 0.6) is 0 Å². The highest BCUT2D eigenvalue weighted by atomic mass is 32.2. The van der Waals surface area contributed by atoms with Crippen molar-refractivity contribution in [1.82, 2.24) is 9.55 Å². The molecule has 2 aromatic rings. The maximum Gasteiger partial charge on any atom is 0.313 e. The number of halogens is 1. The first kappa shape index (κ1) is 14.4. The number of nitrogens with zero attached hydrogens (tertiary/aromatic N) is 2. The second-order valence-electron chi connectivity index (χ2n) is 5.95. The molecule has 1 aliphatic rings. The zero-order chi connectivity index (χ0) is 15.2. The number of benzene rings is 1. The third-order valence-corrected chi connectivity index (χ3v) is 5.01. The van der Waals surface area contributed by atoms with Gasteiger partial charge in [0.25, 0.3) is 0 Å². The van der Waals surface area contributed by atoms with Crippen LogP contribution in [0.15, 0.2) is 23.4 Å². The van der Waals surface area contributed by atoms with Crippen molar-refractivity contribution in [2.75, 3.05) is 5.75 Å². The molecule has 0 saturated heterocycles. The molecule has 1 aliphatic carbocycles. The average Bonchev–Trinajstić information content (AvgIpc) is 3.18. The van der Waals surface area contributed by atoms with Crippen molar-refractivity contribution in [3.05, 3.63) is 24.0 Å². The highest BCUT2D eigenvalue weighted by Gasteiger charge is 2.41. The minimum absolute atomic E-state index is 0.0777. The maximum absolute atomic E-state index is 14.0. The largest absolute Gasteiger partial charge is 0.481 e. The standard InChI is InChI=1S/C15H17FN2O2S/c1-15(2,9-6-7-9)18-11-5-3-4-10(16)13(11)17-14(18)21-8-12(19)20/h3-5,9H,6-8H2,1-2H3,(H,19,20). The summed E-state index contributed by atoms with van der Waals surface area (Å²) in [6.07, 6.45) is 2.29. The first-order chi connectivity index (χ1) is 9.91. The van der Waals surface area contributed by atoms with E-state index in [9.17, 15) is 9.18 Å². The molecule has 1 N–H and O–H groups in total. The lowest BCUT2D eigenvalue weighted by Crippen LogP contribution is -2.29. The van der Waals surface area contributed by atoms with E-state index in [0.29, 0.717) is 16.6 Å². The van der Waals surface area contributed by atoms with Gasteiger partial charge < -0.3 is 9.67 Å². The fourth-order valence-electron chi connectivity index (χ4n) is 2.80. The molecule has 1 aromatic heterocycles. The molecular weight excluding hydrogens is 291 g/mol. The summed E-state index contributed by atoms with van der Waals surface area (Å²) in [5, 5.41) is 9.47. The summed E-state index contributed by atoms with van der Waals surface area (Å²) in [6.45, 7) is 4.23. The van der Waals surface area contributed by atoms with Crippen LogP contribution >= 0.6 is 11.8 Å². The number of carbonyl (C=O) groups is 1. The molecule has 0 amide bonds. The van der Waals surface area contributed by atoms with Gasteiger partial charge in [0.05, 0.1) is 11.3 Å². The minimum Gasteiger partial charge on any atom is -0.481 e. The van der Waals surface area contributed by atoms with Gasteiger partial charge in [-0.2, -0.15) is 0 Å². The lowest BCUT2D eigenvalue weighted by Gasteiger charge is -2.29. The van der Waals surface area contributed by atoms with Gasteiger partial charge in [-0.1, -0.05) is 17.8 Å². The van der Waals surface area contributed by atoms with Crippen LogP contribution < -0.4 is 0 Å². The quantitative estimate of drug-likeness (QED) is 0.859. The van der Waals surface area contributed by atoms with E-state index in [4.69, 9.17) is 5.11 Å². The number of fused-ring (bicyclic) bond motifs is 1. The van der Waals surface area contributed by atoms with E-state index in [2.05, 4.69) is 18.8 Å². The predicted octanol–water partition coefficient (Wildman–Crippen LogP) is 3.50. The molecule has 1 heterocycles. The second-order valence-corrected chi connectivity index (χ2v) is 6.89. The lowest BCUT2D eigenvalue weighted by molar-refractivity contribution is -0.133. The fourth-order valence-corrected chi connectivity index (χ4v) is 3.67. The minimum atomic E-state index is -0.900. The Hall–Kier alpha value is -1.56. The van der Waals surface area contributed by atoms with Crippen LogP contribution in [-0.4, -0.2) is 26.4 Å². The van der Waals surface area contributed by atoms with Crippen LogP contribution in [0.4, 0.5) is 4.39 Å². The Kier molecular flexibility index (Phi) is 3.43. The van der Waals surface area contributed by atoms with Crippen LogP contribution in [-0.2, 0) is 10.3 Å². The highest BCUT2D eigenvalue weighted by molar-refractivity contribution is 7.99. The molecule has 0 atom stereocenters. The van der Waals surface area contributed by atoms with Crippen LogP contribution in [0.3, 0.4) is 0 Å². The molecule has 1 fully saturated rings. The number of aliphatic carboxylic acids is 1. The molecule has 0 spiro atoms. The number of thioether (sulfide) groups is 1. The van der Waals surface area contributed by atoms with Crippen LogP contribution in [0.1, 0.15) is 26.7 Å². The fraction of sp³-hybridized carbons (Fsp3) is 0.467. The number of para-hydroxylation sites is 1. The number of rotatable bonds is 5. The lowest BCUT2D eigenvalue weighted by atomic mass is 9.98. The first-order valence-corrected chi connectivity index (χ1v) is 7.92. The van der Waals surface area contributed by atoms with Gasteiger partial charge in [-0.3, -0.25) is 4.79 Å². The number of carboxylic acid groups (broad SMARTS) is 1. The number of carboxylic acids is 1. The van der Waals surface area contributed by atoms with Crippen molar-refractivity contribution in [3.8, 4) is 0 Å². The first-order valence-electron chi connectivity index (χ1n) is 6.93. The molecule has 112 valence electrons. The topological polar surface area (TPSA) is 55.1 Å². The number of aromatic nitrogens is 2. The van der Waals surface area contributed by atoms with Gasteiger partial charge in [0.2, 0.25) is 0 Å². The molecule has 0 bridgehead atoms. The molecule has 1 saturated carbocycles. The van der Waals surface area contributed by atoms with E-state index in [1.54, 1.807) is 6.07 Å². The van der Waals surface area contributed by atoms with Gasteiger partial charge in [0.15, 0.2) is 11.0 Å². The van der Waals surface area contributed by atoms with Crippen molar-refractivity contribution in [2.24, 2.45) is 5.92 Å². The number of hydrogen-bond donors (Lipinski definition) is 1. The monoisotopic (exact) mass is 308 g/mol. The zero-order valence-corrected chi connectivity index (χ0v) is 12.8. The Labute approximate surface area is 126 Å². The van der Waals surface area contributed by atoms with Crippen molar-refractivity contribution >= 4 is 28.8 Å². The van der Waals surface area contributed by atoms with Gasteiger partial charge in [-0.15, -0.1) is 0 Å². The van der Waals surface area contributed by atoms with E-state index >= 15 is 0 Å². The number of imidazole rings is 1. The summed E-state index contributed by atoms with van der Waals surface area (Å²) in [5.74, 6) is -0.813. The predicted molar refractivity (Wildman–Crippen MR) is 80.1 cm³/mol. The Morgan fingerprint density at radius 2 is 2.24 bits per heavy atom. The Bertz CT molecular complexity index is 707. The number of hydrogen-bond acceptors (Lipinski definition) is 3. The van der Waals surface area contributed by atoms with E-state index in [1.165, 1.54) is 6.07 Å². The molecule has 0 radical (unpaired) electrons. The zero-order valence-electron chi connectivity index (χ0n) is 12.0. The van der Waals surface area contributed by atoms with E-state index in [-0.39, 0.29) is 17.1 Å². The molecule has 0 aliphatic heterocycles. The molecule has 4 nitrogen and oxygen atoms in total. The SMILES string of the molecule is CC(C)(C1CC1)n1c(SCC(=O)O)nc2c(F)cccc21. The van der Waals surface area contributed by atoms with E-state index in [1.807, 2.05) is 10.6 Å². The molecule has 0 unspecified atom stereocenters. The van der Waals surface area contributed by atoms with Gasteiger partial charge in [0.1, 0.15) is 5.52 Å². The Morgan fingerprint density at radius 1 is 1.52 bits per heavy atom. The molecule has 3 rings (SSSR count). The van der Waals surface area contributed by atoms with Crippen molar-refractivity contribution < 1.29 is 14.3 Å². The Morgan fingerprint density at radius 3 is 2.86 bits per heavy atom. The average molecular weight is 308 g/mol. The van der Waals surface area contributed by atoms with Crippen molar-refractivity contribution in [3.63, 3.8) is 0 Å². The van der Waals surface area contributed by atoms with Crippen LogP contribution in [0.2, 0.25) is 0 Å². The highest BCUT2D eigenvalue weighted by Crippen LogP contribution is 2.46. The third kappa shape index (κ3) is 2.52. The maximum atomic E-state index is 14.0. The Balaban J connectivity index is 2.15.